The third kappa shape index (κ3) is 4.78. The zero-order valence-corrected chi connectivity index (χ0v) is 13.0. The Labute approximate surface area is 122 Å². The van der Waals surface area contributed by atoms with Gasteiger partial charge in [0.1, 0.15) is 0 Å². The Morgan fingerprint density at radius 1 is 1.22 bits per heavy atom. The largest absolute Gasteiger partial charge is 0.481 e. The maximum Gasteiger partial charge on any atom is 0.303 e. The SMILES string of the molecule is Cc1cc(Br)c(NC(=O)CCCC(=O)O)c(Br)c1. The Hall–Kier alpha value is -0.880. The van der Waals surface area contributed by atoms with Gasteiger partial charge >= 0.3 is 5.97 Å². The van der Waals surface area contributed by atoms with E-state index in [1.54, 1.807) is 0 Å². The highest BCUT2D eigenvalue weighted by Crippen LogP contribution is 2.32. The first kappa shape index (κ1) is 15.2. The number of anilines is 1. The summed E-state index contributed by atoms with van der Waals surface area (Å²) in [6.07, 6.45) is 0.533. The fourth-order valence-electron chi connectivity index (χ4n) is 1.42. The molecule has 0 aliphatic rings. The van der Waals surface area contributed by atoms with Crippen molar-refractivity contribution in [2.75, 3.05) is 5.32 Å². The van der Waals surface area contributed by atoms with Crippen molar-refractivity contribution in [3.8, 4) is 0 Å². The molecule has 4 nitrogen and oxygen atoms in total. The predicted octanol–water partition coefficient (Wildman–Crippen LogP) is 3.71. The molecule has 1 aromatic carbocycles. The van der Waals surface area contributed by atoms with Gasteiger partial charge in [0, 0.05) is 21.8 Å². The summed E-state index contributed by atoms with van der Waals surface area (Å²) in [5.74, 6) is -1.08. The molecule has 18 heavy (non-hydrogen) atoms. The van der Waals surface area contributed by atoms with Crippen LogP contribution in [-0.2, 0) is 9.59 Å². The Morgan fingerprint density at radius 3 is 2.28 bits per heavy atom. The van der Waals surface area contributed by atoms with E-state index in [4.69, 9.17) is 5.11 Å². The second kappa shape index (κ2) is 6.89. The van der Waals surface area contributed by atoms with Gasteiger partial charge in [0.25, 0.3) is 0 Å². The van der Waals surface area contributed by atoms with Gasteiger partial charge in [-0.25, -0.2) is 0 Å². The van der Waals surface area contributed by atoms with Crippen LogP contribution in [0.25, 0.3) is 0 Å². The molecule has 0 spiro atoms. The van der Waals surface area contributed by atoms with Crippen molar-refractivity contribution >= 4 is 49.4 Å². The molecule has 0 fully saturated rings. The van der Waals surface area contributed by atoms with Crippen LogP contribution in [0.1, 0.15) is 24.8 Å². The van der Waals surface area contributed by atoms with Crippen molar-refractivity contribution in [3.63, 3.8) is 0 Å². The number of amides is 1. The number of aliphatic carboxylic acids is 1. The number of aryl methyl sites for hydroxylation is 1. The third-order valence-electron chi connectivity index (χ3n) is 2.25. The molecule has 1 rings (SSSR count). The molecule has 0 aromatic heterocycles. The first-order valence-electron chi connectivity index (χ1n) is 5.37. The number of rotatable bonds is 5. The monoisotopic (exact) mass is 377 g/mol. The van der Waals surface area contributed by atoms with E-state index in [9.17, 15) is 9.59 Å². The van der Waals surface area contributed by atoms with Crippen molar-refractivity contribution in [1.82, 2.24) is 0 Å². The Kier molecular flexibility index (Phi) is 5.81. The second-order valence-corrected chi connectivity index (χ2v) is 5.61. The maximum atomic E-state index is 11.6. The minimum atomic E-state index is -0.888. The quantitative estimate of drug-likeness (QED) is 0.820. The van der Waals surface area contributed by atoms with E-state index < -0.39 is 5.97 Å². The molecule has 6 heteroatoms. The highest BCUT2D eigenvalue weighted by molar-refractivity contribution is 9.11. The van der Waals surface area contributed by atoms with E-state index in [1.807, 2.05) is 19.1 Å². The number of hydrogen-bond acceptors (Lipinski definition) is 2. The van der Waals surface area contributed by atoms with E-state index in [0.29, 0.717) is 12.1 Å². The normalized spacial score (nSPS) is 10.2. The summed E-state index contributed by atoms with van der Waals surface area (Å²) >= 11 is 6.76. The number of hydrogen-bond donors (Lipinski definition) is 2. The van der Waals surface area contributed by atoms with Gasteiger partial charge in [-0.2, -0.15) is 0 Å². The number of benzene rings is 1. The summed E-state index contributed by atoms with van der Waals surface area (Å²) in [5.41, 5.74) is 1.73. The van der Waals surface area contributed by atoms with E-state index in [0.717, 1.165) is 14.5 Å². The molecule has 0 aliphatic carbocycles. The molecule has 0 bridgehead atoms. The molecule has 1 amide bonds. The molecule has 2 N–H and O–H groups in total. The lowest BCUT2D eigenvalue weighted by Crippen LogP contribution is -2.12. The fraction of sp³-hybridized carbons (Fsp3) is 0.333. The van der Waals surface area contributed by atoms with Crippen LogP contribution in [0.3, 0.4) is 0 Å². The van der Waals surface area contributed by atoms with E-state index in [-0.39, 0.29) is 18.7 Å². The fourth-order valence-corrected chi connectivity index (χ4v) is 3.03. The average molecular weight is 379 g/mol. The number of carbonyl (C=O) groups is 2. The summed E-state index contributed by atoms with van der Waals surface area (Å²) in [4.78, 5) is 22.0. The third-order valence-corrected chi connectivity index (χ3v) is 3.50. The zero-order valence-electron chi connectivity index (χ0n) is 9.80. The highest BCUT2D eigenvalue weighted by Gasteiger charge is 2.10. The van der Waals surface area contributed by atoms with E-state index in [2.05, 4.69) is 37.2 Å². The standard InChI is InChI=1S/C12H13Br2NO3/c1-7-5-8(13)12(9(14)6-7)15-10(16)3-2-4-11(17)18/h5-6H,2-4H2,1H3,(H,15,16)(H,17,18). The lowest BCUT2D eigenvalue weighted by molar-refractivity contribution is -0.137. The Bertz CT molecular complexity index is 451. The second-order valence-electron chi connectivity index (χ2n) is 3.90. The van der Waals surface area contributed by atoms with Gasteiger partial charge in [0.2, 0.25) is 5.91 Å². The first-order chi connectivity index (χ1) is 8.40. The molecule has 0 heterocycles. The van der Waals surface area contributed by atoms with Crippen molar-refractivity contribution in [2.24, 2.45) is 0 Å². The van der Waals surface area contributed by atoms with Crippen LogP contribution in [0, 0.1) is 6.92 Å². The van der Waals surface area contributed by atoms with Gasteiger partial charge in [-0.15, -0.1) is 0 Å². The molecular formula is C12H13Br2NO3. The molecule has 0 radical (unpaired) electrons. The lowest BCUT2D eigenvalue weighted by Gasteiger charge is -2.10. The average Bonchev–Trinajstić information content (AvgIpc) is 2.22. The number of carboxylic acids is 1. The number of carbonyl (C=O) groups excluding carboxylic acids is 1. The maximum absolute atomic E-state index is 11.6. The van der Waals surface area contributed by atoms with Crippen LogP contribution >= 0.6 is 31.9 Å². The van der Waals surface area contributed by atoms with Gasteiger partial charge in [-0.1, -0.05) is 0 Å². The molecule has 0 unspecified atom stereocenters. The number of nitrogens with one attached hydrogen (secondary N) is 1. The zero-order chi connectivity index (χ0) is 13.7. The van der Waals surface area contributed by atoms with Gasteiger partial charge in [0.15, 0.2) is 0 Å². The van der Waals surface area contributed by atoms with E-state index >= 15 is 0 Å². The van der Waals surface area contributed by atoms with Crippen LogP contribution in [0.15, 0.2) is 21.1 Å². The van der Waals surface area contributed by atoms with Crippen LogP contribution < -0.4 is 5.32 Å². The molecule has 0 atom stereocenters. The minimum Gasteiger partial charge on any atom is -0.481 e. The van der Waals surface area contributed by atoms with Crippen LogP contribution in [0.2, 0.25) is 0 Å². The highest BCUT2D eigenvalue weighted by atomic mass is 79.9. The summed E-state index contributed by atoms with van der Waals surface area (Å²) in [5, 5.41) is 11.2. The molecule has 0 aliphatic heterocycles. The molecule has 1 aromatic rings. The summed E-state index contributed by atoms with van der Waals surface area (Å²) in [7, 11) is 0. The van der Waals surface area contributed by atoms with Gasteiger partial charge in [0.05, 0.1) is 5.69 Å². The summed E-state index contributed by atoms with van der Waals surface area (Å²) < 4.78 is 1.59. The number of halogens is 2. The number of carboxylic acid groups (broad SMARTS) is 1. The van der Waals surface area contributed by atoms with Crippen molar-refractivity contribution in [3.05, 3.63) is 26.6 Å². The minimum absolute atomic E-state index is 0.00363. The van der Waals surface area contributed by atoms with E-state index in [1.165, 1.54) is 0 Å². The van der Waals surface area contributed by atoms with Crippen LogP contribution in [-0.4, -0.2) is 17.0 Å². The van der Waals surface area contributed by atoms with Gasteiger partial charge in [-0.05, 0) is 62.9 Å². The summed E-state index contributed by atoms with van der Waals surface area (Å²) in [6, 6.07) is 3.80. The Morgan fingerprint density at radius 2 is 1.78 bits per heavy atom. The molecule has 0 saturated heterocycles. The predicted molar refractivity (Wildman–Crippen MR) is 76.7 cm³/mol. The summed E-state index contributed by atoms with van der Waals surface area (Å²) in [6.45, 7) is 1.95. The molecule has 98 valence electrons. The molecular weight excluding hydrogens is 366 g/mol. The smallest absolute Gasteiger partial charge is 0.303 e. The van der Waals surface area contributed by atoms with Gasteiger partial charge < -0.3 is 10.4 Å². The molecule has 0 saturated carbocycles. The first-order valence-corrected chi connectivity index (χ1v) is 6.96. The van der Waals surface area contributed by atoms with Crippen molar-refractivity contribution in [2.45, 2.75) is 26.2 Å². The lowest BCUT2D eigenvalue weighted by atomic mass is 10.2. The Balaban J connectivity index is 2.62. The van der Waals surface area contributed by atoms with Crippen molar-refractivity contribution in [1.29, 1.82) is 0 Å². The van der Waals surface area contributed by atoms with Crippen LogP contribution in [0.5, 0.6) is 0 Å². The topological polar surface area (TPSA) is 66.4 Å². The van der Waals surface area contributed by atoms with Crippen LogP contribution in [0.4, 0.5) is 5.69 Å². The van der Waals surface area contributed by atoms with Crippen molar-refractivity contribution < 1.29 is 14.7 Å². The van der Waals surface area contributed by atoms with Gasteiger partial charge in [-0.3, -0.25) is 9.59 Å².